The summed E-state index contributed by atoms with van der Waals surface area (Å²) < 4.78 is 0. The van der Waals surface area contributed by atoms with Crippen LogP contribution in [0.2, 0.25) is 0 Å². The summed E-state index contributed by atoms with van der Waals surface area (Å²) in [5.41, 5.74) is 7.80. The van der Waals surface area contributed by atoms with Crippen molar-refractivity contribution in [3.05, 3.63) is 38.6 Å². The third-order valence-corrected chi connectivity index (χ3v) is 3.21. The van der Waals surface area contributed by atoms with Crippen LogP contribution in [0, 0.1) is 6.92 Å². The second kappa shape index (κ2) is 4.36. The van der Waals surface area contributed by atoms with Crippen LogP contribution in [0.4, 0.5) is 11.5 Å². The lowest BCUT2D eigenvalue weighted by Gasteiger charge is -2.06. The van der Waals surface area contributed by atoms with Crippen molar-refractivity contribution in [2.45, 2.75) is 13.5 Å². The molecule has 0 aliphatic rings. The fourth-order valence-corrected chi connectivity index (χ4v) is 2.16. The number of nitrogens with one attached hydrogen (secondary N) is 2. The summed E-state index contributed by atoms with van der Waals surface area (Å²) in [6.07, 6.45) is 1.33. The molecule has 2 heterocycles. The van der Waals surface area contributed by atoms with E-state index < -0.39 is 0 Å². The first-order chi connectivity index (χ1) is 7.68. The maximum absolute atomic E-state index is 11.2. The highest BCUT2D eigenvalue weighted by Gasteiger charge is 2.05. The molecule has 0 amide bonds. The van der Waals surface area contributed by atoms with Crippen LogP contribution >= 0.6 is 11.3 Å². The molecule has 0 aromatic carbocycles. The summed E-state index contributed by atoms with van der Waals surface area (Å²) >= 11 is 1.65. The van der Waals surface area contributed by atoms with Crippen LogP contribution in [0.3, 0.4) is 0 Å². The van der Waals surface area contributed by atoms with Crippen molar-refractivity contribution < 1.29 is 0 Å². The average molecular weight is 236 g/mol. The van der Waals surface area contributed by atoms with E-state index in [2.05, 4.69) is 26.0 Å². The van der Waals surface area contributed by atoms with Crippen molar-refractivity contribution in [3.8, 4) is 0 Å². The van der Waals surface area contributed by atoms with E-state index in [1.807, 2.05) is 6.92 Å². The van der Waals surface area contributed by atoms with Gasteiger partial charge >= 0.3 is 0 Å². The SMILES string of the molecule is Cc1cscc1CNc1nc[nH]c(=O)c1N. The van der Waals surface area contributed by atoms with Crippen LogP contribution in [0.15, 0.2) is 21.9 Å². The summed E-state index contributed by atoms with van der Waals surface area (Å²) in [6, 6.07) is 0. The number of H-pyrrole nitrogens is 1. The van der Waals surface area contributed by atoms with Gasteiger partial charge in [-0.2, -0.15) is 11.3 Å². The molecule has 0 atom stereocenters. The number of hydrogen-bond donors (Lipinski definition) is 3. The Balaban J connectivity index is 2.14. The van der Waals surface area contributed by atoms with Crippen LogP contribution in [-0.2, 0) is 6.54 Å². The number of aryl methyl sites for hydroxylation is 1. The molecule has 2 rings (SSSR count). The Labute approximate surface area is 96.3 Å². The number of thiophene rings is 1. The van der Waals surface area contributed by atoms with Crippen LogP contribution in [0.1, 0.15) is 11.1 Å². The van der Waals surface area contributed by atoms with E-state index in [1.165, 1.54) is 17.5 Å². The first-order valence-electron chi connectivity index (χ1n) is 4.77. The molecular weight excluding hydrogens is 224 g/mol. The van der Waals surface area contributed by atoms with E-state index in [4.69, 9.17) is 5.73 Å². The number of rotatable bonds is 3. The van der Waals surface area contributed by atoms with Crippen LogP contribution in [0.5, 0.6) is 0 Å². The predicted octanol–water partition coefficient (Wildman–Crippen LogP) is 1.33. The average Bonchev–Trinajstić information content (AvgIpc) is 2.67. The van der Waals surface area contributed by atoms with Crippen molar-refractivity contribution in [1.82, 2.24) is 9.97 Å². The fourth-order valence-electron chi connectivity index (χ4n) is 1.30. The minimum absolute atomic E-state index is 0.121. The number of anilines is 2. The molecule has 0 unspecified atom stereocenters. The second-order valence-corrected chi connectivity index (χ2v) is 4.17. The standard InChI is InChI=1S/C10H12N4OS/c1-6-3-16-4-7(6)2-12-9-8(11)10(15)14-5-13-9/h3-5H,2,11H2,1H3,(H2,12,13,14,15). The number of nitrogens with zero attached hydrogens (tertiary/aromatic N) is 1. The van der Waals surface area contributed by atoms with Crippen LogP contribution < -0.4 is 16.6 Å². The lowest BCUT2D eigenvalue weighted by Crippen LogP contribution is -2.16. The third-order valence-electron chi connectivity index (χ3n) is 2.30. The van der Waals surface area contributed by atoms with Crippen LogP contribution in [-0.4, -0.2) is 9.97 Å². The Hall–Kier alpha value is -1.82. The molecule has 0 radical (unpaired) electrons. The summed E-state index contributed by atoms with van der Waals surface area (Å²) in [7, 11) is 0. The highest BCUT2D eigenvalue weighted by atomic mass is 32.1. The Morgan fingerprint density at radius 3 is 3.06 bits per heavy atom. The lowest BCUT2D eigenvalue weighted by atomic mass is 10.2. The largest absolute Gasteiger partial charge is 0.391 e. The van der Waals surface area contributed by atoms with Gasteiger partial charge in [0.1, 0.15) is 5.69 Å². The van der Waals surface area contributed by atoms with Crippen LogP contribution in [0.25, 0.3) is 0 Å². The monoisotopic (exact) mass is 236 g/mol. The summed E-state index contributed by atoms with van der Waals surface area (Å²) in [6.45, 7) is 2.66. The minimum Gasteiger partial charge on any atom is -0.391 e. The predicted molar refractivity (Wildman–Crippen MR) is 65.7 cm³/mol. The van der Waals surface area contributed by atoms with E-state index in [0.717, 1.165) is 0 Å². The van der Waals surface area contributed by atoms with Gasteiger partial charge in [0.05, 0.1) is 6.33 Å². The van der Waals surface area contributed by atoms with Gasteiger partial charge in [0.2, 0.25) is 0 Å². The van der Waals surface area contributed by atoms with E-state index in [9.17, 15) is 4.79 Å². The Morgan fingerprint density at radius 1 is 1.56 bits per heavy atom. The number of aromatic nitrogens is 2. The number of hydrogen-bond acceptors (Lipinski definition) is 5. The van der Waals surface area contributed by atoms with Crippen molar-refractivity contribution in [2.75, 3.05) is 11.1 Å². The van der Waals surface area contributed by atoms with E-state index >= 15 is 0 Å². The quantitative estimate of drug-likeness (QED) is 0.750. The van der Waals surface area contributed by atoms with Gasteiger partial charge < -0.3 is 16.0 Å². The molecule has 0 saturated heterocycles. The molecule has 2 aromatic rings. The lowest BCUT2D eigenvalue weighted by molar-refractivity contribution is 1.06. The second-order valence-electron chi connectivity index (χ2n) is 3.43. The minimum atomic E-state index is -0.320. The van der Waals surface area contributed by atoms with Gasteiger partial charge in [-0.05, 0) is 28.8 Å². The molecule has 0 aliphatic carbocycles. The van der Waals surface area contributed by atoms with E-state index in [1.54, 1.807) is 11.3 Å². The van der Waals surface area contributed by atoms with Gasteiger partial charge in [-0.25, -0.2) is 4.98 Å². The fraction of sp³-hybridized carbons (Fsp3) is 0.200. The molecule has 0 bridgehead atoms. The van der Waals surface area contributed by atoms with Crippen molar-refractivity contribution in [2.24, 2.45) is 0 Å². The van der Waals surface area contributed by atoms with E-state index in [-0.39, 0.29) is 11.2 Å². The number of aromatic amines is 1. The molecule has 0 saturated carbocycles. The van der Waals surface area contributed by atoms with Gasteiger partial charge in [0.15, 0.2) is 5.82 Å². The van der Waals surface area contributed by atoms with Gasteiger partial charge in [0, 0.05) is 6.54 Å². The zero-order valence-electron chi connectivity index (χ0n) is 8.78. The summed E-state index contributed by atoms with van der Waals surface area (Å²) in [5, 5.41) is 7.18. The molecule has 0 spiro atoms. The highest BCUT2D eigenvalue weighted by Crippen LogP contribution is 2.16. The maximum atomic E-state index is 11.2. The van der Waals surface area contributed by atoms with Crippen molar-refractivity contribution >= 4 is 22.8 Å². The molecule has 5 nitrogen and oxygen atoms in total. The zero-order chi connectivity index (χ0) is 11.5. The molecule has 0 fully saturated rings. The van der Waals surface area contributed by atoms with Crippen molar-refractivity contribution in [3.63, 3.8) is 0 Å². The van der Waals surface area contributed by atoms with Gasteiger partial charge in [-0.1, -0.05) is 0 Å². The third kappa shape index (κ3) is 2.06. The topological polar surface area (TPSA) is 83.8 Å². The highest BCUT2D eigenvalue weighted by molar-refractivity contribution is 7.08. The van der Waals surface area contributed by atoms with Gasteiger partial charge in [-0.15, -0.1) is 0 Å². The van der Waals surface area contributed by atoms with Gasteiger partial charge in [-0.3, -0.25) is 4.79 Å². The summed E-state index contributed by atoms with van der Waals surface area (Å²) in [5.74, 6) is 0.425. The van der Waals surface area contributed by atoms with Gasteiger partial charge in [0.25, 0.3) is 5.56 Å². The smallest absolute Gasteiger partial charge is 0.276 e. The molecule has 4 N–H and O–H groups in total. The summed E-state index contributed by atoms with van der Waals surface area (Å²) in [4.78, 5) is 17.6. The molecule has 0 aliphatic heterocycles. The van der Waals surface area contributed by atoms with E-state index in [0.29, 0.717) is 12.4 Å². The first-order valence-corrected chi connectivity index (χ1v) is 5.71. The zero-order valence-corrected chi connectivity index (χ0v) is 9.60. The number of nitrogen functional groups attached to an aromatic ring is 1. The first kappa shape index (κ1) is 10.7. The Bertz CT molecular complexity index is 546. The Kier molecular flexibility index (Phi) is 2.91. The van der Waals surface area contributed by atoms with Crippen molar-refractivity contribution in [1.29, 1.82) is 0 Å². The maximum Gasteiger partial charge on any atom is 0.276 e. The molecular formula is C10H12N4OS. The molecule has 2 aromatic heterocycles. The molecule has 6 heteroatoms. The molecule has 84 valence electrons. The number of nitrogens with two attached hydrogens (primary N) is 1. The normalized spacial score (nSPS) is 10.3. The molecule has 16 heavy (non-hydrogen) atoms. The Morgan fingerprint density at radius 2 is 2.38 bits per heavy atom.